The highest BCUT2D eigenvalue weighted by atomic mass is 19.1. The summed E-state index contributed by atoms with van der Waals surface area (Å²) in [5, 5.41) is 13.0. The number of hydrogen-bond donors (Lipinski definition) is 2. The molecule has 0 aliphatic carbocycles. The van der Waals surface area contributed by atoms with Crippen LogP contribution in [0.3, 0.4) is 0 Å². The average molecular weight is 341 g/mol. The number of pyridine rings is 1. The highest BCUT2D eigenvalue weighted by molar-refractivity contribution is 5.93. The number of carbonyl (C=O) groups excluding carboxylic acids is 1. The van der Waals surface area contributed by atoms with E-state index in [1.54, 1.807) is 46.7 Å². The molecule has 0 aliphatic rings. The molecular weight excluding hydrogens is 325 g/mol. The molecule has 7 nitrogen and oxygen atoms in total. The van der Waals surface area contributed by atoms with Crippen LogP contribution in [0.25, 0.3) is 0 Å². The van der Waals surface area contributed by atoms with Gasteiger partial charge in [0.2, 0.25) is 0 Å². The SMILES string of the molecule is Cn1ccc(N(Cc2ccc(C(=O)NO)cc2)c2ccc(F)cn2)n1. The van der Waals surface area contributed by atoms with Crippen LogP contribution in [-0.4, -0.2) is 25.9 Å². The van der Waals surface area contributed by atoms with Crippen LogP contribution in [0.15, 0.2) is 54.9 Å². The van der Waals surface area contributed by atoms with Gasteiger partial charge in [-0.25, -0.2) is 14.9 Å². The summed E-state index contributed by atoms with van der Waals surface area (Å²) in [7, 11) is 1.81. The second-order valence-corrected chi connectivity index (χ2v) is 5.41. The van der Waals surface area contributed by atoms with E-state index in [0.717, 1.165) is 11.8 Å². The summed E-state index contributed by atoms with van der Waals surface area (Å²) in [5.41, 5.74) is 2.83. The molecule has 2 N–H and O–H groups in total. The summed E-state index contributed by atoms with van der Waals surface area (Å²) < 4.78 is 14.8. The van der Waals surface area contributed by atoms with Crippen LogP contribution in [-0.2, 0) is 13.6 Å². The van der Waals surface area contributed by atoms with Crippen molar-refractivity contribution in [1.82, 2.24) is 20.2 Å². The molecule has 8 heteroatoms. The Kier molecular flexibility index (Phi) is 4.71. The van der Waals surface area contributed by atoms with E-state index >= 15 is 0 Å². The Labute approximate surface area is 143 Å². The number of hydrogen-bond acceptors (Lipinski definition) is 5. The van der Waals surface area contributed by atoms with Crippen molar-refractivity contribution in [3.05, 3.63) is 71.8 Å². The van der Waals surface area contributed by atoms with E-state index < -0.39 is 11.7 Å². The summed E-state index contributed by atoms with van der Waals surface area (Å²) in [5.74, 6) is 0.230. The first-order valence-electron chi connectivity index (χ1n) is 7.49. The third-order valence-corrected chi connectivity index (χ3v) is 3.62. The summed E-state index contributed by atoms with van der Waals surface area (Å²) in [6.07, 6.45) is 2.96. The molecule has 0 unspecified atom stereocenters. The largest absolute Gasteiger partial charge is 0.305 e. The number of rotatable bonds is 5. The lowest BCUT2D eigenvalue weighted by molar-refractivity contribution is 0.0706. The predicted molar refractivity (Wildman–Crippen MR) is 88.9 cm³/mol. The first-order chi connectivity index (χ1) is 12.1. The lowest BCUT2D eigenvalue weighted by Crippen LogP contribution is -2.20. The smallest absolute Gasteiger partial charge is 0.274 e. The van der Waals surface area contributed by atoms with E-state index in [9.17, 15) is 9.18 Å². The molecule has 1 aromatic carbocycles. The van der Waals surface area contributed by atoms with Gasteiger partial charge in [-0.1, -0.05) is 12.1 Å². The quantitative estimate of drug-likeness (QED) is 0.550. The molecule has 2 heterocycles. The van der Waals surface area contributed by atoms with Gasteiger partial charge in [0.05, 0.1) is 12.7 Å². The normalized spacial score (nSPS) is 10.5. The fraction of sp³-hybridized carbons (Fsp3) is 0.118. The van der Waals surface area contributed by atoms with Gasteiger partial charge in [-0.15, -0.1) is 0 Å². The van der Waals surface area contributed by atoms with Crippen LogP contribution in [0, 0.1) is 5.82 Å². The number of aryl methyl sites for hydroxylation is 1. The molecule has 0 saturated heterocycles. The van der Waals surface area contributed by atoms with Crippen molar-refractivity contribution in [3.63, 3.8) is 0 Å². The number of aromatic nitrogens is 3. The van der Waals surface area contributed by atoms with Gasteiger partial charge >= 0.3 is 0 Å². The number of carbonyl (C=O) groups is 1. The van der Waals surface area contributed by atoms with E-state index in [4.69, 9.17) is 5.21 Å². The number of amides is 1. The predicted octanol–water partition coefficient (Wildman–Crippen LogP) is 2.41. The van der Waals surface area contributed by atoms with Crippen LogP contribution in [0.2, 0.25) is 0 Å². The number of halogens is 1. The molecular formula is C17H16FN5O2. The van der Waals surface area contributed by atoms with Crippen LogP contribution in [0.4, 0.5) is 16.0 Å². The van der Waals surface area contributed by atoms with E-state index in [2.05, 4.69) is 10.1 Å². The monoisotopic (exact) mass is 341 g/mol. The molecule has 1 amide bonds. The van der Waals surface area contributed by atoms with Gasteiger partial charge in [0.15, 0.2) is 5.82 Å². The zero-order chi connectivity index (χ0) is 17.8. The number of nitrogens with zero attached hydrogens (tertiary/aromatic N) is 4. The molecule has 0 saturated carbocycles. The lowest BCUT2D eigenvalue weighted by atomic mass is 10.1. The van der Waals surface area contributed by atoms with Crippen molar-refractivity contribution in [3.8, 4) is 0 Å². The summed E-state index contributed by atoms with van der Waals surface area (Å²) in [4.78, 5) is 17.4. The van der Waals surface area contributed by atoms with Crippen molar-refractivity contribution >= 4 is 17.5 Å². The Balaban J connectivity index is 1.90. The standard InChI is InChI=1S/C17H16FN5O2/c1-22-9-8-16(20-22)23(15-7-6-14(18)10-19-15)11-12-2-4-13(5-3-12)17(24)21-25/h2-10,25H,11H2,1H3,(H,21,24). The molecule has 128 valence electrons. The third kappa shape index (κ3) is 3.81. The Bertz CT molecular complexity index is 862. The van der Waals surface area contributed by atoms with Crippen LogP contribution in [0.1, 0.15) is 15.9 Å². The van der Waals surface area contributed by atoms with E-state index in [1.807, 2.05) is 18.0 Å². The van der Waals surface area contributed by atoms with Gasteiger partial charge in [0.25, 0.3) is 5.91 Å². The van der Waals surface area contributed by atoms with Crippen molar-refractivity contribution in [2.45, 2.75) is 6.54 Å². The summed E-state index contributed by atoms with van der Waals surface area (Å²) >= 11 is 0. The first kappa shape index (κ1) is 16.6. The molecule has 3 rings (SSSR count). The average Bonchev–Trinajstić information content (AvgIpc) is 3.06. The Morgan fingerprint density at radius 1 is 1.20 bits per heavy atom. The number of nitrogens with one attached hydrogen (secondary N) is 1. The first-order valence-corrected chi connectivity index (χ1v) is 7.49. The highest BCUT2D eigenvalue weighted by Gasteiger charge is 2.15. The van der Waals surface area contributed by atoms with Gasteiger partial charge < -0.3 is 4.90 Å². The Hall–Kier alpha value is -3.26. The van der Waals surface area contributed by atoms with Gasteiger partial charge in [-0.3, -0.25) is 14.7 Å². The van der Waals surface area contributed by atoms with Crippen LogP contribution < -0.4 is 10.4 Å². The summed E-state index contributed by atoms with van der Waals surface area (Å²) in [6.45, 7) is 0.427. The topological polar surface area (TPSA) is 83.3 Å². The summed E-state index contributed by atoms with van der Waals surface area (Å²) in [6, 6.07) is 11.5. The van der Waals surface area contributed by atoms with Crippen molar-refractivity contribution in [2.75, 3.05) is 4.90 Å². The van der Waals surface area contributed by atoms with Gasteiger partial charge in [-0.05, 0) is 29.8 Å². The third-order valence-electron chi connectivity index (χ3n) is 3.62. The maximum atomic E-state index is 13.2. The molecule has 0 bridgehead atoms. The van der Waals surface area contributed by atoms with Crippen molar-refractivity contribution < 1.29 is 14.4 Å². The second kappa shape index (κ2) is 7.10. The number of benzene rings is 1. The zero-order valence-corrected chi connectivity index (χ0v) is 13.4. The fourth-order valence-electron chi connectivity index (χ4n) is 2.36. The van der Waals surface area contributed by atoms with Crippen molar-refractivity contribution in [2.24, 2.45) is 7.05 Å². The molecule has 25 heavy (non-hydrogen) atoms. The fourth-order valence-corrected chi connectivity index (χ4v) is 2.36. The van der Waals surface area contributed by atoms with Crippen LogP contribution in [0.5, 0.6) is 0 Å². The molecule has 0 spiro atoms. The Morgan fingerprint density at radius 3 is 2.52 bits per heavy atom. The van der Waals surface area contributed by atoms with Gasteiger partial charge in [0, 0.05) is 24.9 Å². The van der Waals surface area contributed by atoms with Gasteiger partial charge in [-0.2, -0.15) is 5.10 Å². The number of hydroxylamine groups is 1. The van der Waals surface area contributed by atoms with E-state index in [-0.39, 0.29) is 0 Å². The van der Waals surface area contributed by atoms with E-state index in [1.165, 1.54) is 6.07 Å². The lowest BCUT2D eigenvalue weighted by Gasteiger charge is -2.21. The maximum absolute atomic E-state index is 13.2. The molecule has 0 atom stereocenters. The zero-order valence-electron chi connectivity index (χ0n) is 13.4. The van der Waals surface area contributed by atoms with Crippen LogP contribution >= 0.6 is 0 Å². The molecule has 3 aromatic rings. The molecule has 2 aromatic heterocycles. The second-order valence-electron chi connectivity index (χ2n) is 5.41. The molecule has 0 fully saturated rings. The Morgan fingerprint density at radius 2 is 1.96 bits per heavy atom. The minimum Gasteiger partial charge on any atom is -0.305 e. The minimum atomic E-state index is -0.576. The van der Waals surface area contributed by atoms with E-state index in [0.29, 0.717) is 23.7 Å². The number of anilines is 2. The van der Waals surface area contributed by atoms with Gasteiger partial charge in [0.1, 0.15) is 11.6 Å². The van der Waals surface area contributed by atoms with Crippen molar-refractivity contribution in [1.29, 1.82) is 0 Å². The molecule has 0 radical (unpaired) electrons. The maximum Gasteiger partial charge on any atom is 0.274 e. The highest BCUT2D eigenvalue weighted by Crippen LogP contribution is 2.24. The molecule has 0 aliphatic heterocycles. The minimum absolute atomic E-state index is 0.343.